The Hall–Kier alpha value is -2.07. The molecule has 0 spiro atoms. The maximum Gasteiger partial charge on any atom is 0.147 e. The highest BCUT2D eigenvalue weighted by Gasteiger charge is 2.10. The minimum atomic E-state index is -0.0383. The number of rotatable bonds is 3. The average Bonchev–Trinajstić information content (AvgIpc) is 2.31. The summed E-state index contributed by atoms with van der Waals surface area (Å²) in [6, 6.07) is 7.11. The number of ether oxygens (including phenoxy) is 1. The van der Waals surface area contributed by atoms with Crippen LogP contribution in [0.4, 0.5) is 0 Å². The largest absolute Gasteiger partial charge is 0.455 e. The van der Waals surface area contributed by atoms with E-state index in [1.807, 2.05) is 19.1 Å². The molecule has 0 unspecified atom stereocenters. The zero-order valence-electron chi connectivity index (χ0n) is 9.77. The lowest BCUT2D eigenvalue weighted by molar-refractivity contribution is 0.475. The summed E-state index contributed by atoms with van der Waals surface area (Å²) in [7, 11) is 0. The molecule has 2 aromatic rings. The minimum absolute atomic E-state index is 0.0383. The molecule has 0 aliphatic heterocycles. The maximum atomic E-state index is 7.54. The normalized spacial score (nSPS) is 10.1. The quantitative estimate of drug-likeness (QED) is 0.659. The molecule has 0 fully saturated rings. The Morgan fingerprint density at radius 3 is 2.83 bits per heavy atom. The maximum absolute atomic E-state index is 7.54. The third-order valence-corrected chi connectivity index (χ3v) is 2.61. The van der Waals surface area contributed by atoms with Crippen LogP contribution < -0.4 is 10.5 Å². The van der Waals surface area contributed by atoms with E-state index in [9.17, 15) is 0 Å². The second-order valence-electron chi connectivity index (χ2n) is 3.81. The minimum Gasteiger partial charge on any atom is -0.455 e. The van der Waals surface area contributed by atoms with Gasteiger partial charge in [0, 0.05) is 12.3 Å². The molecule has 5 heteroatoms. The molecule has 1 aromatic carbocycles. The van der Waals surface area contributed by atoms with Crippen LogP contribution in [0.3, 0.4) is 0 Å². The van der Waals surface area contributed by atoms with Crippen LogP contribution in [0.25, 0.3) is 0 Å². The van der Waals surface area contributed by atoms with Gasteiger partial charge in [-0.25, -0.2) is 0 Å². The van der Waals surface area contributed by atoms with Crippen molar-refractivity contribution < 1.29 is 4.74 Å². The number of nitrogens with one attached hydrogen (secondary N) is 1. The molecule has 92 valence electrons. The molecule has 3 N–H and O–H groups in total. The second kappa shape index (κ2) is 5.06. The van der Waals surface area contributed by atoms with Gasteiger partial charge in [-0.15, -0.1) is 0 Å². The standard InChI is InChI=1S/C13H12ClN3O/c1-8-3-2-4-11(13(15)16)12(8)18-10-5-9(14)6-17-7-10/h2-7H,1H3,(H3,15,16). The third-order valence-electron chi connectivity index (χ3n) is 2.40. The lowest BCUT2D eigenvalue weighted by atomic mass is 10.1. The van der Waals surface area contributed by atoms with Crippen molar-refractivity contribution in [2.45, 2.75) is 6.92 Å². The monoisotopic (exact) mass is 261 g/mol. The number of nitrogen functional groups attached to an aromatic ring is 1. The predicted molar refractivity (Wildman–Crippen MR) is 71.5 cm³/mol. The predicted octanol–water partition coefficient (Wildman–Crippen LogP) is 3.12. The first-order valence-corrected chi connectivity index (χ1v) is 5.68. The van der Waals surface area contributed by atoms with Crippen molar-refractivity contribution in [3.8, 4) is 11.5 Å². The molecule has 0 amide bonds. The molecule has 1 heterocycles. The Morgan fingerprint density at radius 1 is 1.39 bits per heavy atom. The Bertz CT molecular complexity index is 599. The molecule has 2 rings (SSSR count). The molecule has 0 radical (unpaired) electrons. The molecule has 0 atom stereocenters. The summed E-state index contributed by atoms with van der Waals surface area (Å²) in [5.41, 5.74) is 6.97. The van der Waals surface area contributed by atoms with Crippen LogP contribution in [0.2, 0.25) is 5.02 Å². The van der Waals surface area contributed by atoms with E-state index in [0.29, 0.717) is 22.1 Å². The first kappa shape index (κ1) is 12.4. The Labute approximate surface area is 110 Å². The number of hydrogen-bond acceptors (Lipinski definition) is 3. The smallest absolute Gasteiger partial charge is 0.147 e. The van der Waals surface area contributed by atoms with Gasteiger partial charge in [-0.05, 0) is 18.6 Å². The highest BCUT2D eigenvalue weighted by Crippen LogP contribution is 2.29. The number of aromatic nitrogens is 1. The summed E-state index contributed by atoms with van der Waals surface area (Å²) in [5.74, 6) is 1.03. The Morgan fingerprint density at radius 2 is 2.17 bits per heavy atom. The van der Waals surface area contributed by atoms with Gasteiger partial charge in [-0.3, -0.25) is 10.4 Å². The molecule has 0 saturated carbocycles. The summed E-state index contributed by atoms with van der Waals surface area (Å²) in [5, 5.41) is 8.03. The summed E-state index contributed by atoms with van der Waals surface area (Å²) in [6.07, 6.45) is 3.08. The van der Waals surface area contributed by atoms with Crippen LogP contribution in [-0.4, -0.2) is 10.8 Å². The van der Waals surface area contributed by atoms with Gasteiger partial charge in [0.15, 0.2) is 0 Å². The number of para-hydroxylation sites is 1. The van der Waals surface area contributed by atoms with Gasteiger partial charge in [0.25, 0.3) is 0 Å². The van der Waals surface area contributed by atoms with Crippen LogP contribution in [0.15, 0.2) is 36.7 Å². The van der Waals surface area contributed by atoms with Crippen molar-refractivity contribution in [2.75, 3.05) is 0 Å². The van der Waals surface area contributed by atoms with Gasteiger partial charge in [-0.2, -0.15) is 0 Å². The SMILES string of the molecule is Cc1cccc(C(=N)N)c1Oc1cncc(Cl)c1. The number of amidine groups is 1. The fourth-order valence-electron chi connectivity index (χ4n) is 1.57. The van der Waals surface area contributed by atoms with Crippen molar-refractivity contribution in [3.63, 3.8) is 0 Å². The molecule has 4 nitrogen and oxygen atoms in total. The highest BCUT2D eigenvalue weighted by molar-refractivity contribution is 6.30. The number of benzene rings is 1. The Kier molecular flexibility index (Phi) is 3.48. The van der Waals surface area contributed by atoms with Crippen LogP contribution in [0.5, 0.6) is 11.5 Å². The van der Waals surface area contributed by atoms with Gasteiger partial charge in [-0.1, -0.05) is 23.7 Å². The zero-order chi connectivity index (χ0) is 13.1. The van der Waals surface area contributed by atoms with E-state index in [1.54, 1.807) is 18.3 Å². The molecule has 0 aliphatic rings. The average molecular weight is 262 g/mol. The van der Waals surface area contributed by atoms with Crippen LogP contribution in [0, 0.1) is 12.3 Å². The molecule has 1 aromatic heterocycles. The topological polar surface area (TPSA) is 72.0 Å². The van der Waals surface area contributed by atoms with Crippen molar-refractivity contribution >= 4 is 17.4 Å². The van der Waals surface area contributed by atoms with Crippen molar-refractivity contribution in [3.05, 3.63) is 52.8 Å². The number of nitrogens with two attached hydrogens (primary N) is 1. The van der Waals surface area contributed by atoms with Crippen molar-refractivity contribution in [1.82, 2.24) is 4.98 Å². The van der Waals surface area contributed by atoms with Gasteiger partial charge in [0.1, 0.15) is 17.3 Å². The summed E-state index contributed by atoms with van der Waals surface area (Å²) < 4.78 is 5.71. The number of halogens is 1. The second-order valence-corrected chi connectivity index (χ2v) is 4.24. The number of nitrogens with zero attached hydrogens (tertiary/aromatic N) is 1. The molecule has 18 heavy (non-hydrogen) atoms. The summed E-state index contributed by atoms with van der Waals surface area (Å²) >= 11 is 5.84. The summed E-state index contributed by atoms with van der Waals surface area (Å²) in [4.78, 5) is 3.94. The number of aryl methyl sites for hydroxylation is 1. The van der Waals surface area contributed by atoms with Gasteiger partial charge in [0.2, 0.25) is 0 Å². The molecular formula is C13H12ClN3O. The number of pyridine rings is 1. The fraction of sp³-hybridized carbons (Fsp3) is 0.0769. The van der Waals surface area contributed by atoms with E-state index in [4.69, 9.17) is 27.5 Å². The highest BCUT2D eigenvalue weighted by atomic mass is 35.5. The van der Waals surface area contributed by atoms with E-state index in [1.165, 1.54) is 6.20 Å². The van der Waals surface area contributed by atoms with Gasteiger partial charge < -0.3 is 10.5 Å². The molecular weight excluding hydrogens is 250 g/mol. The van der Waals surface area contributed by atoms with Crippen molar-refractivity contribution in [2.24, 2.45) is 5.73 Å². The molecule has 0 bridgehead atoms. The van der Waals surface area contributed by atoms with E-state index in [0.717, 1.165) is 5.56 Å². The van der Waals surface area contributed by atoms with E-state index in [2.05, 4.69) is 4.98 Å². The molecule has 0 aliphatic carbocycles. The first-order chi connectivity index (χ1) is 8.58. The fourth-order valence-corrected chi connectivity index (χ4v) is 1.73. The molecule has 0 saturated heterocycles. The number of hydrogen-bond donors (Lipinski definition) is 2. The van der Waals surface area contributed by atoms with Crippen LogP contribution >= 0.6 is 11.6 Å². The van der Waals surface area contributed by atoms with Crippen LogP contribution in [0.1, 0.15) is 11.1 Å². The van der Waals surface area contributed by atoms with E-state index >= 15 is 0 Å². The van der Waals surface area contributed by atoms with E-state index in [-0.39, 0.29) is 5.84 Å². The summed E-state index contributed by atoms with van der Waals surface area (Å²) in [6.45, 7) is 1.89. The van der Waals surface area contributed by atoms with E-state index < -0.39 is 0 Å². The Balaban J connectivity index is 2.42. The zero-order valence-corrected chi connectivity index (χ0v) is 10.5. The van der Waals surface area contributed by atoms with Gasteiger partial charge >= 0.3 is 0 Å². The van der Waals surface area contributed by atoms with Crippen molar-refractivity contribution in [1.29, 1.82) is 5.41 Å². The van der Waals surface area contributed by atoms with Gasteiger partial charge in [0.05, 0.1) is 16.8 Å². The van der Waals surface area contributed by atoms with Crippen LogP contribution in [-0.2, 0) is 0 Å². The third kappa shape index (κ3) is 2.60. The lowest BCUT2D eigenvalue weighted by Gasteiger charge is -2.12. The first-order valence-electron chi connectivity index (χ1n) is 5.30. The lowest BCUT2D eigenvalue weighted by Crippen LogP contribution is -2.12.